The van der Waals surface area contributed by atoms with E-state index >= 15 is 0 Å². The van der Waals surface area contributed by atoms with E-state index in [2.05, 4.69) is 11.1 Å². The molecule has 0 aliphatic carbocycles. The van der Waals surface area contributed by atoms with Gasteiger partial charge >= 0.3 is 10.4 Å². The predicted octanol–water partition coefficient (Wildman–Crippen LogP) is 8.59. The van der Waals surface area contributed by atoms with Crippen molar-refractivity contribution < 1.29 is 22.3 Å². The molecule has 0 saturated heterocycles. The molecule has 210 valence electrons. The number of hydrogen-bond acceptors (Lipinski definition) is 4. The minimum atomic E-state index is -4.41. The first-order valence-electron chi connectivity index (χ1n) is 12.7. The molecule has 2 N–H and O–H groups in total. The van der Waals surface area contributed by atoms with Gasteiger partial charge < -0.3 is 9.29 Å². The summed E-state index contributed by atoms with van der Waals surface area (Å²) in [6, 6.07) is 0. The molecule has 5 nitrogen and oxygen atoms in total. The van der Waals surface area contributed by atoms with Crippen LogP contribution in [0.4, 0.5) is 0 Å². The Morgan fingerprint density at radius 3 is 1.69 bits per heavy atom. The van der Waals surface area contributed by atoms with Crippen LogP contribution in [0, 0.1) is 0 Å². The van der Waals surface area contributed by atoms with Gasteiger partial charge in [-0.25, -0.2) is 0 Å². The van der Waals surface area contributed by atoms with Gasteiger partial charge in [0.05, 0.1) is 33.0 Å². The van der Waals surface area contributed by atoms with Gasteiger partial charge in [-0.15, -0.1) is 58.0 Å². The summed E-state index contributed by atoms with van der Waals surface area (Å²) < 4.78 is 33.3. The molecule has 0 aliphatic heterocycles. The van der Waals surface area contributed by atoms with Gasteiger partial charge in [0.1, 0.15) is 6.26 Å². The fourth-order valence-electron chi connectivity index (χ4n) is 3.70. The maximum absolute atomic E-state index is 10.6. The zero-order chi connectivity index (χ0) is 26.7. The topological polar surface area (TPSA) is 83.8 Å². The van der Waals surface area contributed by atoms with Crippen LogP contribution >= 0.6 is 58.0 Å². The number of unbranched alkanes of at least 4 members (excludes halogenated alkanes) is 11. The van der Waals surface area contributed by atoms with Crippen molar-refractivity contribution in [2.45, 2.75) is 136 Å². The number of rotatable bonds is 23. The maximum Gasteiger partial charge on any atom is 0.445 e. The lowest BCUT2D eigenvalue weighted by atomic mass is 9.99. The zero-order valence-corrected chi connectivity index (χ0v) is 25.2. The van der Waals surface area contributed by atoms with E-state index in [4.69, 9.17) is 62.6 Å². The van der Waals surface area contributed by atoms with E-state index in [9.17, 15) is 13.5 Å². The van der Waals surface area contributed by atoms with Crippen LogP contribution in [0.3, 0.4) is 0 Å². The molecule has 0 saturated carbocycles. The number of hydrogen-bond donors (Lipinski definition) is 2. The first-order valence-corrected chi connectivity index (χ1v) is 16.2. The first-order chi connectivity index (χ1) is 16.5. The van der Waals surface area contributed by atoms with Gasteiger partial charge in [-0.3, -0.25) is 4.55 Å². The van der Waals surface area contributed by atoms with Crippen molar-refractivity contribution >= 4 is 68.4 Å². The maximum atomic E-state index is 10.6. The molecule has 0 rings (SSSR count). The third-order valence-electron chi connectivity index (χ3n) is 5.86. The van der Waals surface area contributed by atoms with Crippen molar-refractivity contribution in [2.24, 2.45) is 0 Å². The number of aliphatic hydroxyl groups is 1. The summed E-state index contributed by atoms with van der Waals surface area (Å²) in [5, 5.41) is 7.75. The summed E-state index contributed by atoms with van der Waals surface area (Å²) in [5.74, 6) is 0. The summed E-state index contributed by atoms with van der Waals surface area (Å²) in [6.07, 6.45) is 16.5. The van der Waals surface area contributed by atoms with Crippen molar-refractivity contribution in [1.82, 2.24) is 0 Å². The van der Waals surface area contributed by atoms with Gasteiger partial charge in [0, 0.05) is 0 Å². The molecule has 6 atom stereocenters. The average Bonchev–Trinajstić information content (AvgIpc) is 2.81. The third-order valence-corrected chi connectivity index (χ3v) is 9.24. The number of alkyl halides is 5. The molecule has 35 heavy (non-hydrogen) atoms. The molecule has 0 spiro atoms. The third kappa shape index (κ3) is 19.6. The lowest BCUT2D eigenvalue weighted by Gasteiger charge is -2.29. The molecule has 0 heterocycles. The Labute approximate surface area is 238 Å². The number of aliphatic hydroxyl groups excluding tert-OH is 1. The smallest absolute Gasteiger partial charge is 0.390 e. The molecule has 6 unspecified atom stereocenters. The summed E-state index contributed by atoms with van der Waals surface area (Å²) in [6.45, 7) is 2.19. The van der Waals surface area contributed by atoms with Crippen LogP contribution in [0.1, 0.15) is 103 Å². The van der Waals surface area contributed by atoms with E-state index in [1.807, 2.05) is 0 Å². The predicted molar refractivity (Wildman–Crippen MR) is 151 cm³/mol. The molecule has 11 heteroatoms. The molecule has 0 aromatic heterocycles. The highest BCUT2D eigenvalue weighted by Gasteiger charge is 2.36. The Morgan fingerprint density at radius 1 is 0.714 bits per heavy atom. The molecule has 0 radical (unpaired) electrons. The average molecular weight is 621 g/mol. The fraction of sp³-hybridized carbons (Fsp3) is 0.917. The van der Waals surface area contributed by atoms with Crippen LogP contribution in [0.25, 0.3) is 0 Å². The molecule has 0 bridgehead atoms. The van der Waals surface area contributed by atoms with Gasteiger partial charge in [0.2, 0.25) is 0 Å². The van der Waals surface area contributed by atoms with Crippen LogP contribution in [-0.4, -0.2) is 51.1 Å². The van der Waals surface area contributed by atoms with Crippen LogP contribution < -0.4 is 0 Å². The van der Waals surface area contributed by atoms with Crippen molar-refractivity contribution in [2.75, 3.05) is 0 Å². The number of allylic oxidation sites excluding steroid dienone is 1. The lowest BCUT2D eigenvalue weighted by molar-refractivity contribution is 0.157. The van der Waals surface area contributed by atoms with Crippen LogP contribution in [0.5, 0.6) is 0 Å². The second kappa shape index (κ2) is 21.8. The van der Waals surface area contributed by atoms with E-state index in [-0.39, 0.29) is 10.8 Å². The second-order valence-electron chi connectivity index (χ2n) is 9.01. The normalized spacial score (nSPS) is 17.7. The largest absolute Gasteiger partial charge is 0.445 e. The molecular weight excluding hydrogens is 578 g/mol. The van der Waals surface area contributed by atoms with E-state index in [1.165, 1.54) is 25.7 Å². The Hall–Kier alpha value is 0.860. The van der Waals surface area contributed by atoms with Crippen LogP contribution in [0.2, 0.25) is 0 Å². The highest BCUT2D eigenvalue weighted by molar-refractivity contribution is 7.81. The van der Waals surface area contributed by atoms with Crippen molar-refractivity contribution in [3.63, 3.8) is 0 Å². The van der Waals surface area contributed by atoms with Gasteiger partial charge in [0.15, 0.2) is 0 Å². The molecule has 0 amide bonds. The summed E-state index contributed by atoms with van der Waals surface area (Å²) in [5.41, 5.74) is 0. The molecule has 0 aliphatic rings. The van der Waals surface area contributed by atoms with Gasteiger partial charge in [0.25, 0.3) is 0 Å². The summed E-state index contributed by atoms with van der Waals surface area (Å²) in [7, 11) is -4.41. The van der Waals surface area contributed by atoms with E-state index < -0.39 is 32.6 Å². The fourth-order valence-corrected chi connectivity index (χ4v) is 5.57. The van der Waals surface area contributed by atoms with E-state index in [0.717, 1.165) is 64.0 Å². The lowest BCUT2D eigenvalue weighted by Crippen LogP contribution is -2.43. The summed E-state index contributed by atoms with van der Waals surface area (Å²) >= 11 is 32.2. The minimum absolute atomic E-state index is 0.373. The minimum Gasteiger partial charge on any atom is -0.390 e. The molecular formula is C24H43Cl5O5S. The quantitative estimate of drug-likeness (QED) is 0.0517. The first kappa shape index (κ1) is 35.9. The van der Waals surface area contributed by atoms with Gasteiger partial charge in [-0.1, -0.05) is 77.6 Å². The van der Waals surface area contributed by atoms with Crippen molar-refractivity contribution in [1.29, 1.82) is 0 Å². The summed E-state index contributed by atoms with van der Waals surface area (Å²) in [4.78, 5) is 0. The van der Waals surface area contributed by atoms with Crippen LogP contribution in [-0.2, 0) is 14.6 Å². The van der Waals surface area contributed by atoms with Crippen LogP contribution in [0.15, 0.2) is 12.3 Å². The van der Waals surface area contributed by atoms with Crippen molar-refractivity contribution in [3.05, 3.63) is 12.3 Å². The van der Waals surface area contributed by atoms with Crippen molar-refractivity contribution in [3.8, 4) is 0 Å². The Morgan fingerprint density at radius 2 is 1.17 bits per heavy atom. The van der Waals surface area contributed by atoms with Gasteiger partial charge in [-0.2, -0.15) is 8.42 Å². The standard InChI is InChI=1S/C24H43Cl5O5S/c1-2-3-4-5-10-14-17-20(26)22(28)24(30)23(29)21(27)19(25)16-13-11-8-6-7-9-12-15-18-34-35(31,32)33/h15,18-24,30H,2-14,16-17H2,1H3,(H,31,32,33)/b18-15-. The molecule has 0 fully saturated rings. The van der Waals surface area contributed by atoms with Gasteiger partial charge in [-0.05, 0) is 31.8 Å². The SMILES string of the molecule is CCCCCCCCC(Cl)C(Cl)C(O)C(Cl)C(Cl)C(Cl)CCCCCCCC/C=C\OS(=O)(=O)O. The highest BCUT2D eigenvalue weighted by atomic mass is 35.5. The zero-order valence-electron chi connectivity index (χ0n) is 20.6. The highest BCUT2D eigenvalue weighted by Crippen LogP contribution is 2.30. The number of halogens is 5. The Kier molecular flexibility index (Phi) is 22.3. The van der Waals surface area contributed by atoms with E-state index in [1.54, 1.807) is 6.08 Å². The Bertz CT molecular complexity index is 638. The Balaban J connectivity index is 4.00. The van der Waals surface area contributed by atoms with E-state index in [0.29, 0.717) is 12.8 Å². The molecule has 0 aromatic carbocycles. The monoisotopic (exact) mass is 618 g/mol. The molecule has 0 aromatic rings. The second-order valence-corrected chi connectivity index (χ2v) is 12.7.